The zero-order valence-electron chi connectivity index (χ0n) is 5.41. The molecule has 1 aliphatic rings. The van der Waals surface area contributed by atoms with Crippen LogP contribution in [0.1, 0.15) is 0 Å². The van der Waals surface area contributed by atoms with Gasteiger partial charge in [-0.2, -0.15) is 12.7 Å². The minimum atomic E-state index is -4.18. The molecule has 1 radical (unpaired) electrons. The van der Waals surface area contributed by atoms with Crippen LogP contribution in [0.15, 0.2) is 0 Å². The van der Waals surface area contributed by atoms with Crippen LogP contribution < -0.4 is 5.32 Å². The van der Waals surface area contributed by atoms with E-state index in [1.807, 2.05) is 0 Å². The zero-order valence-corrected chi connectivity index (χ0v) is 6.23. The zero-order chi connectivity index (χ0) is 7.61. The second-order valence-electron chi connectivity index (χ2n) is 2.11. The van der Waals surface area contributed by atoms with Gasteiger partial charge in [0.15, 0.2) is 0 Å². The largest absolute Gasteiger partial charge is 0.366 e. The number of hydrogen-bond donors (Lipinski definition) is 1. The van der Waals surface area contributed by atoms with Crippen molar-refractivity contribution < 1.29 is 13.0 Å². The molecule has 0 amide bonds. The normalized spacial score (nSPS) is 22.9. The van der Waals surface area contributed by atoms with Crippen molar-refractivity contribution in [3.05, 3.63) is 0 Å². The molecule has 0 aromatic carbocycles. The quantitative estimate of drug-likeness (QED) is 0.517. The van der Waals surface area contributed by atoms with Gasteiger partial charge in [0.05, 0.1) is 0 Å². The summed E-state index contributed by atoms with van der Waals surface area (Å²) in [5.41, 5.74) is 0. The standard InChI is InChI=1S/C4H9N2O3S/c7-10(8,9)6-3-1-5-2-4-6/h5H,1-4H2. The third kappa shape index (κ3) is 1.91. The van der Waals surface area contributed by atoms with E-state index in [9.17, 15) is 13.0 Å². The van der Waals surface area contributed by atoms with E-state index >= 15 is 0 Å². The highest BCUT2D eigenvalue weighted by Gasteiger charge is 2.21. The van der Waals surface area contributed by atoms with Gasteiger partial charge in [-0.3, -0.25) is 0 Å². The van der Waals surface area contributed by atoms with Crippen LogP contribution in [0.3, 0.4) is 0 Å². The van der Waals surface area contributed by atoms with Crippen molar-refractivity contribution in [1.82, 2.24) is 9.62 Å². The summed E-state index contributed by atoms with van der Waals surface area (Å²) < 4.78 is 31.9. The molecule has 1 aliphatic heterocycles. The summed E-state index contributed by atoms with van der Waals surface area (Å²) >= 11 is 0. The number of rotatable bonds is 1. The predicted octanol–water partition coefficient (Wildman–Crippen LogP) is -1.43. The van der Waals surface area contributed by atoms with Crippen LogP contribution in [-0.2, 0) is 14.9 Å². The number of hydrogen-bond acceptors (Lipinski definition) is 3. The van der Waals surface area contributed by atoms with Gasteiger partial charge >= 0.3 is 10.3 Å². The second-order valence-corrected chi connectivity index (χ2v) is 3.48. The first-order valence-electron chi connectivity index (χ1n) is 3.02. The van der Waals surface area contributed by atoms with Crippen LogP contribution in [0.2, 0.25) is 0 Å². The lowest BCUT2D eigenvalue weighted by atomic mass is 10.4. The summed E-state index contributed by atoms with van der Waals surface area (Å²) in [6, 6.07) is 0. The molecule has 0 unspecified atom stereocenters. The first-order chi connectivity index (χ1) is 4.61. The molecule has 10 heavy (non-hydrogen) atoms. The molecule has 0 aliphatic carbocycles. The molecule has 0 aromatic heterocycles. The van der Waals surface area contributed by atoms with Crippen molar-refractivity contribution in [2.24, 2.45) is 0 Å². The first kappa shape index (κ1) is 7.93. The van der Waals surface area contributed by atoms with Gasteiger partial charge in [-0.25, -0.2) is 0 Å². The second kappa shape index (κ2) is 2.83. The molecule has 0 saturated carbocycles. The van der Waals surface area contributed by atoms with E-state index in [1.165, 1.54) is 0 Å². The van der Waals surface area contributed by atoms with Crippen LogP contribution in [0.4, 0.5) is 0 Å². The molecule has 1 saturated heterocycles. The Morgan fingerprint density at radius 2 is 1.70 bits per heavy atom. The van der Waals surface area contributed by atoms with Gasteiger partial charge in [-0.15, -0.1) is 0 Å². The fraction of sp³-hybridized carbons (Fsp3) is 1.00. The van der Waals surface area contributed by atoms with Gasteiger partial charge in [-0.05, 0) is 0 Å². The molecule has 1 fully saturated rings. The minimum absolute atomic E-state index is 0.297. The summed E-state index contributed by atoms with van der Waals surface area (Å²) in [7, 11) is -4.18. The topological polar surface area (TPSA) is 69.3 Å². The molecule has 0 spiro atoms. The summed E-state index contributed by atoms with van der Waals surface area (Å²) in [6.07, 6.45) is 0. The summed E-state index contributed by atoms with van der Waals surface area (Å²) in [4.78, 5) is 0. The fourth-order valence-corrected chi connectivity index (χ4v) is 1.50. The Morgan fingerprint density at radius 3 is 2.00 bits per heavy atom. The third-order valence-corrected chi connectivity index (χ3v) is 2.39. The molecule has 1 heterocycles. The van der Waals surface area contributed by atoms with Crippen molar-refractivity contribution in [3.8, 4) is 0 Å². The SMILES string of the molecule is [O]S(=O)(=O)N1CCNCC1. The first-order valence-corrected chi connectivity index (χ1v) is 4.39. The Bertz CT molecular complexity index is 195. The molecule has 6 heteroatoms. The van der Waals surface area contributed by atoms with Crippen LogP contribution >= 0.6 is 0 Å². The maximum Gasteiger partial charge on any atom is 0.366 e. The summed E-state index contributed by atoms with van der Waals surface area (Å²) in [5.74, 6) is 0. The molecule has 0 atom stereocenters. The Hall–Kier alpha value is -0.170. The van der Waals surface area contributed by atoms with Gasteiger partial charge in [0.25, 0.3) is 0 Å². The molecule has 59 valence electrons. The third-order valence-electron chi connectivity index (χ3n) is 1.39. The average molecular weight is 165 g/mol. The van der Waals surface area contributed by atoms with E-state index in [0.29, 0.717) is 26.2 Å². The lowest BCUT2D eigenvalue weighted by molar-refractivity contribution is 0.293. The van der Waals surface area contributed by atoms with Crippen LogP contribution in [0, 0.1) is 0 Å². The van der Waals surface area contributed by atoms with E-state index in [1.54, 1.807) is 0 Å². The fourth-order valence-electron chi connectivity index (χ4n) is 0.868. The van der Waals surface area contributed by atoms with Crippen molar-refractivity contribution in [2.45, 2.75) is 0 Å². The number of nitrogens with zero attached hydrogens (tertiary/aromatic N) is 1. The molecule has 0 bridgehead atoms. The smallest absolute Gasteiger partial charge is 0.314 e. The predicted molar refractivity (Wildman–Crippen MR) is 34.0 cm³/mol. The lowest BCUT2D eigenvalue weighted by Crippen LogP contribution is -2.45. The number of piperazine rings is 1. The number of nitrogens with one attached hydrogen (secondary N) is 1. The highest BCUT2D eigenvalue weighted by Crippen LogP contribution is 1.98. The average Bonchev–Trinajstić information content (AvgIpc) is 1.88. The molecular formula is C4H9N2O3S. The van der Waals surface area contributed by atoms with Crippen LogP contribution in [-0.4, -0.2) is 38.9 Å². The van der Waals surface area contributed by atoms with Crippen molar-refractivity contribution >= 4 is 10.3 Å². The molecule has 5 nitrogen and oxygen atoms in total. The molecule has 1 rings (SSSR count). The van der Waals surface area contributed by atoms with E-state index in [0.717, 1.165) is 4.31 Å². The molecule has 0 aromatic rings. The Balaban J connectivity index is 2.56. The van der Waals surface area contributed by atoms with Gasteiger partial charge < -0.3 is 5.32 Å². The van der Waals surface area contributed by atoms with Crippen LogP contribution in [0.5, 0.6) is 0 Å². The minimum Gasteiger partial charge on any atom is -0.314 e. The highest BCUT2D eigenvalue weighted by atomic mass is 32.2. The molecular weight excluding hydrogens is 156 g/mol. The van der Waals surface area contributed by atoms with E-state index in [-0.39, 0.29) is 0 Å². The summed E-state index contributed by atoms with van der Waals surface area (Å²) in [6.45, 7) is 1.74. The van der Waals surface area contributed by atoms with E-state index < -0.39 is 10.3 Å². The van der Waals surface area contributed by atoms with Gasteiger partial charge in [0, 0.05) is 26.2 Å². The van der Waals surface area contributed by atoms with Crippen molar-refractivity contribution in [1.29, 1.82) is 0 Å². The highest BCUT2D eigenvalue weighted by molar-refractivity contribution is 7.83. The summed E-state index contributed by atoms with van der Waals surface area (Å²) in [5, 5.41) is 2.94. The lowest BCUT2D eigenvalue weighted by Gasteiger charge is -2.22. The van der Waals surface area contributed by atoms with Crippen LogP contribution in [0.25, 0.3) is 0 Å². The van der Waals surface area contributed by atoms with Gasteiger partial charge in [0.1, 0.15) is 0 Å². The monoisotopic (exact) mass is 165 g/mol. The van der Waals surface area contributed by atoms with Crippen molar-refractivity contribution in [2.75, 3.05) is 26.2 Å². The van der Waals surface area contributed by atoms with Crippen molar-refractivity contribution in [3.63, 3.8) is 0 Å². The maximum absolute atomic E-state index is 10.3. The Morgan fingerprint density at radius 1 is 1.20 bits per heavy atom. The van der Waals surface area contributed by atoms with Gasteiger partial charge in [-0.1, -0.05) is 4.55 Å². The van der Waals surface area contributed by atoms with E-state index in [4.69, 9.17) is 0 Å². The Kier molecular flexibility index (Phi) is 2.24. The maximum atomic E-state index is 10.3. The van der Waals surface area contributed by atoms with Gasteiger partial charge in [0.2, 0.25) is 0 Å². The van der Waals surface area contributed by atoms with E-state index in [2.05, 4.69) is 5.32 Å². The molecule has 1 N–H and O–H groups in total. The Labute approximate surface area is 59.9 Å².